The molecular formula is C14H18N4O. The molecule has 0 saturated heterocycles. The van der Waals surface area contributed by atoms with Crippen LogP contribution >= 0.6 is 0 Å². The van der Waals surface area contributed by atoms with Crippen molar-refractivity contribution in [2.24, 2.45) is 0 Å². The Bertz CT molecular complexity index is 662. The molecule has 0 aliphatic heterocycles. The lowest BCUT2D eigenvalue weighted by Gasteiger charge is -2.22. The predicted octanol–water partition coefficient (Wildman–Crippen LogP) is 2.66. The van der Waals surface area contributed by atoms with Gasteiger partial charge in [-0.05, 0) is 25.8 Å². The van der Waals surface area contributed by atoms with E-state index in [4.69, 9.17) is 0 Å². The molecule has 0 spiro atoms. The van der Waals surface area contributed by atoms with Crippen molar-refractivity contribution < 1.29 is 0 Å². The molecule has 1 aliphatic carbocycles. The van der Waals surface area contributed by atoms with E-state index in [9.17, 15) is 4.79 Å². The zero-order valence-electron chi connectivity index (χ0n) is 11.1. The van der Waals surface area contributed by atoms with Gasteiger partial charge in [0.1, 0.15) is 0 Å². The number of allylic oxidation sites excluding steroid dienone is 1. The van der Waals surface area contributed by atoms with Crippen LogP contribution in [0.15, 0.2) is 17.1 Å². The minimum Gasteiger partial charge on any atom is -0.289 e. The number of aromatic amines is 1. The zero-order chi connectivity index (χ0) is 13.2. The molecule has 2 heterocycles. The molecule has 2 aromatic rings. The van der Waals surface area contributed by atoms with Crippen LogP contribution in [0.1, 0.15) is 50.8 Å². The first-order chi connectivity index (χ1) is 9.29. The normalized spacial score (nSPS) is 17.5. The Morgan fingerprint density at radius 1 is 1.37 bits per heavy atom. The molecule has 0 bridgehead atoms. The van der Waals surface area contributed by atoms with Crippen molar-refractivity contribution >= 4 is 17.4 Å². The molecule has 0 aromatic carbocycles. The van der Waals surface area contributed by atoms with Gasteiger partial charge in [-0.1, -0.05) is 25.3 Å². The minimum absolute atomic E-state index is 0.0838. The fourth-order valence-electron chi connectivity index (χ4n) is 2.84. The molecule has 100 valence electrons. The molecule has 19 heavy (non-hydrogen) atoms. The van der Waals surface area contributed by atoms with Crippen molar-refractivity contribution in [1.29, 1.82) is 0 Å². The molecule has 1 N–H and O–H groups in total. The van der Waals surface area contributed by atoms with Crippen LogP contribution in [0.2, 0.25) is 0 Å². The molecular weight excluding hydrogens is 240 g/mol. The van der Waals surface area contributed by atoms with Gasteiger partial charge in [0.05, 0.1) is 11.9 Å². The topological polar surface area (TPSA) is 63.6 Å². The summed E-state index contributed by atoms with van der Waals surface area (Å²) in [5.74, 6) is 0. The summed E-state index contributed by atoms with van der Waals surface area (Å²) in [7, 11) is 0. The summed E-state index contributed by atoms with van der Waals surface area (Å²) in [6.07, 6.45) is 11.3. The van der Waals surface area contributed by atoms with Gasteiger partial charge < -0.3 is 0 Å². The lowest BCUT2D eigenvalue weighted by Crippen LogP contribution is -2.24. The maximum absolute atomic E-state index is 12.1. The van der Waals surface area contributed by atoms with E-state index in [-0.39, 0.29) is 11.7 Å². The Hall–Kier alpha value is -1.91. The molecule has 5 heteroatoms. The van der Waals surface area contributed by atoms with E-state index in [0.717, 1.165) is 18.5 Å². The van der Waals surface area contributed by atoms with Crippen LogP contribution in [0.5, 0.6) is 0 Å². The van der Waals surface area contributed by atoms with Crippen LogP contribution in [-0.2, 0) is 0 Å². The largest absolute Gasteiger partial charge is 0.329 e. The zero-order valence-corrected chi connectivity index (χ0v) is 11.1. The number of nitrogens with one attached hydrogen (secondary N) is 1. The number of H-pyrrole nitrogens is 1. The average molecular weight is 258 g/mol. The van der Waals surface area contributed by atoms with Gasteiger partial charge >= 0.3 is 5.69 Å². The molecule has 2 aromatic heterocycles. The van der Waals surface area contributed by atoms with Crippen LogP contribution in [0.3, 0.4) is 0 Å². The maximum Gasteiger partial charge on any atom is 0.329 e. The van der Waals surface area contributed by atoms with Crippen molar-refractivity contribution in [2.45, 2.75) is 45.1 Å². The van der Waals surface area contributed by atoms with Gasteiger partial charge in [0.15, 0.2) is 11.3 Å². The van der Waals surface area contributed by atoms with Gasteiger partial charge in [-0.2, -0.15) is 0 Å². The highest BCUT2D eigenvalue weighted by Crippen LogP contribution is 2.28. The fraction of sp³-hybridized carbons (Fsp3) is 0.500. The summed E-state index contributed by atoms with van der Waals surface area (Å²) in [4.78, 5) is 23.7. The Morgan fingerprint density at radius 3 is 2.89 bits per heavy atom. The van der Waals surface area contributed by atoms with E-state index in [1.807, 2.05) is 19.1 Å². The van der Waals surface area contributed by atoms with Gasteiger partial charge in [-0.15, -0.1) is 0 Å². The summed E-state index contributed by atoms with van der Waals surface area (Å²) in [6, 6.07) is 0.269. The van der Waals surface area contributed by atoms with Crippen molar-refractivity contribution in [1.82, 2.24) is 19.5 Å². The van der Waals surface area contributed by atoms with Crippen molar-refractivity contribution in [3.8, 4) is 0 Å². The highest BCUT2D eigenvalue weighted by atomic mass is 16.1. The second kappa shape index (κ2) is 4.99. The first kappa shape index (κ1) is 12.1. The van der Waals surface area contributed by atoms with Crippen molar-refractivity contribution in [3.05, 3.63) is 28.5 Å². The van der Waals surface area contributed by atoms with E-state index in [1.54, 1.807) is 10.8 Å². The third-order valence-corrected chi connectivity index (χ3v) is 3.72. The standard InChI is InChI=1S/C14H18N4O/c1-2-6-10-9-15-12-13(16-10)18(14(19)17-12)11-7-4-3-5-8-11/h2,6,9,11H,3-5,7-8H2,1H3,(H,15,17,19)/b6-2-. The lowest BCUT2D eigenvalue weighted by molar-refractivity contribution is 0.352. The van der Waals surface area contributed by atoms with Crippen LogP contribution in [0, 0.1) is 0 Å². The number of hydrogen-bond acceptors (Lipinski definition) is 3. The van der Waals surface area contributed by atoms with Gasteiger partial charge in [-0.3, -0.25) is 9.55 Å². The number of nitrogens with zero attached hydrogens (tertiary/aromatic N) is 3. The molecule has 0 radical (unpaired) electrons. The number of rotatable bonds is 2. The van der Waals surface area contributed by atoms with Gasteiger partial charge in [0.25, 0.3) is 0 Å². The third-order valence-electron chi connectivity index (χ3n) is 3.72. The highest BCUT2D eigenvalue weighted by Gasteiger charge is 2.21. The second-order valence-corrected chi connectivity index (χ2v) is 5.06. The number of hydrogen-bond donors (Lipinski definition) is 1. The first-order valence-corrected chi connectivity index (χ1v) is 6.89. The first-order valence-electron chi connectivity index (χ1n) is 6.89. The Kier molecular flexibility index (Phi) is 3.19. The van der Waals surface area contributed by atoms with E-state index < -0.39 is 0 Å². The van der Waals surface area contributed by atoms with E-state index >= 15 is 0 Å². The number of fused-ring (bicyclic) bond motifs is 1. The third kappa shape index (κ3) is 2.20. The quantitative estimate of drug-likeness (QED) is 0.900. The van der Waals surface area contributed by atoms with Gasteiger partial charge in [0.2, 0.25) is 0 Å². The monoisotopic (exact) mass is 258 g/mol. The van der Waals surface area contributed by atoms with Gasteiger partial charge in [0, 0.05) is 6.04 Å². The van der Waals surface area contributed by atoms with E-state index in [2.05, 4.69) is 15.0 Å². The minimum atomic E-state index is -0.0838. The predicted molar refractivity (Wildman–Crippen MR) is 75.0 cm³/mol. The van der Waals surface area contributed by atoms with E-state index in [1.165, 1.54) is 19.3 Å². The van der Waals surface area contributed by atoms with Crippen LogP contribution in [-0.4, -0.2) is 19.5 Å². The Labute approximate surface area is 111 Å². The Balaban J connectivity index is 2.13. The van der Waals surface area contributed by atoms with E-state index in [0.29, 0.717) is 11.3 Å². The molecule has 1 fully saturated rings. The molecule has 0 unspecified atom stereocenters. The van der Waals surface area contributed by atoms with Crippen LogP contribution < -0.4 is 5.69 Å². The molecule has 0 atom stereocenters. The fourth-order valence-corrected chi connectivity index (χ4v) is 2.84. The summed E-state index contributed by atoms with van der Waals surface area (Å²) < 4.78 is 1.80. The lowest BCUT2D eigenvalue weighted by atomic mass is 9.95. The Morgan fingerprint density at radius 2 is 2.16 bits per heavy atom. The second-order valence-electron chi connectivity index (χ2n) is 5.06. The number of imidazole rings is 1. The molecule has 0 amide bonds. The molecule has 1 aliphatic rings. The maximum atomic E-state index is 12.1. The van der Waals surface area contributed by atoms with Gasteiger partial charge in [-0.25, -0.2) is 14.8 Å². The molecule has 5 nitrogen and oxygen atoms in total. The smallest absolute Gasteiger partial charge is 0.289 e. The summed E-state index contributed by atoms with van der Waals surface area (Å²) in [6.45, 7) is 1.94. The van der Waals surface area contributed by atoms with Crippen molar-refractivity contribution in [3.63, 3.8) is 0 Å². The van der Waals surface area contributed by atoms with Crippen molar-refractivity contribution in [2.75, 3.05) is 0 Å². The molecule has 3 rings (SSSR count). The highest BCUT2D eigenvalue weighted by molar-refractivity contribution is 5.67. The molecule has 1 saturated carbocycles. The summed E-state index contributed by atoms with van der Waals surface area (Å²) in [5.41, 5.74) is 1.98. The SMILES string of the molecule is C/C=C\c1cnc2[nH]c(=O)n(C3CCCCC3)c2n1. The van der Waals surface area contributed by atoms with Crippen LogP contribution in [0.4, 0.5) is 0 Å². The number of aromatic nitrogens is 4. The average Bonchev–Trinajstić information content (AvgIpc) is 2.75. The summed E-state index contributed by atoms with van der Waals surface area (Å²) >= 11 is 0. The van der Waals surface area contributed by atoms with Crippen LogP contribution in [0.25, 0.3) is 17.4 Å². The summed E-state index contributed by atoms with van der Waals surface area (Å²) in [5, 5.41) is 0.